The Kier molecular flexibility index (Phi) is 11.1. The second-order valence-corrected chi connectivity index (χ2v) is 19.0. The fourth-order valence-corrected chi connectivity index (χ4v) is 12.7. The average molecular weight is 739 g/mol. The van der Waals surface area contributed by atoms with E-state index in [1.54, 1.807) is 48.5 Å². The molecule has 0 aromatic heterocycles. The summed E-state index contributed by atoms with van der Waals surface area (Å²) >= 11 is 0. The lowest BCUT2D eigenvalue weighted by molar-refractivity contribution is 0.104. The Morgan fingerprint density at radius 3 is 0.962 bits per heavy atom. The van der Waals surface area contributed by atoms with Crippen LogP contribution in [-0.4, -0.2) is 11.0 Å². The fourth-order valence-electron chi connectivity index (χ4n) is 7.44. The first-order chi connectivity index (χ1) is 25.4. The first kappa shape index (κ1) is 37.8. The van der Waals surface area contributed by atoms with Gasteiger partial charge in [-0.2, -0.15) is 0 Å². The van der Waals surface area contributed by atoms with Crippen LogP contribution in [0.2, 0.25) is 0 Å². The van der Waals surface area contributed by atoms with Crippen LogP contribution in [0.15, 0.2) is 133 Å². The highest BCUT2D eigenvalue weighted by Gasteiger charge is 2.40. The Balaban J connectivity index is 1.34. The first-order valence-electron chi connectivity index (χ1n) is 17.7. The van der Waals surface area contributed by atoms with Gasteiger partial charge in [-0.3, -0.25) is 9.59 Å². The standard InChI is InChI=1S/C46H44O5P2/c1-31-27-33(3)43(45(47)52(49,37-19-11-7-12-20-37)38-21-13-8-14-22-38)35(5)41(31)29-51-30-42-32(2)28-34(4)44(36(42)6)46(48)53(50,39-23-15-9-16-24-39)40-25-17-10-18-26-40/h7-28H,29-30H2,1-6H3. The number of carbonyl (C=O) groups is 2. The maximum absolute atomic E-state index is 15.0. The molecule has 268 valence electrons. The minimum atomic E-state index is -3.73. The molecule has 0 saturated heterocycles. The van der Waals surface area contributed by atoms with Gasteiger partial charge in [0.25, 0.3) is 0 Å². The van der Waals surface area contributed by atoms with E-state index in [-0.39, 0.29) is 13.2 Å². The molecule has 0 aliphatic heterocycles. The minimum absolute atomic E-state index is 0.196. The van der Waals surface area contributed by atoms with Gasteiger partial charge in [-0.05, 0) is 86.1 Å². The maximum atomic E-state index is 15.0. The van der Waals surface area contributed by atoms with E-state index >= 15 is 9.13 Å². The molecule has 0 radical (unpaired) electrons. The van der Waals surface area contributed by atoms with Crippen molar-refractivity contribution in [1.29, 1.82) is 0 Å². The number of rotatable bonds is 12. The van der Waals surface area contributed by atoms with E-state index in [2.05, 4.69) is 0 Å². The smallest absolute Gasteiger partial charge is 0.230 e. The fraction of sp³-hybridized carbons (Fsp3) is 0.174. The zero-order valence-electron chi connectivity index (χ0n) is 31.1. The molecule has 5 nitrogen and oxygen atoms in total. The van der Waals surface area contributed by atoms with Crippen molar-refractivity contribution in [1.82, 2.24) is 0 Å². The summed E-state index contributed by atoms with van der Waals surface area (Å²) in [5.41, 5.74) is 6.70. The molecule has 0 amide bonds. The Labute approximate surface area is 312 Å². The predicted octanol–water partition coefficient (Wildman–Crippen LogP) is 9.56. The van der Waals surface area contributed by atoms with Crippen LogP contribution >= 0.6 is 14.3 Å². The Morgan fingerprint density at radius 2 is 0.698 bits per heavy atom. The Bertz CT molecular complexity index is 2150. The normalized spacial score (nSPS) is 11.7. The predicted molar refractivity (Wildman–Crippen MR) is 218 cm³/mol. The van der Waals surface area contributed by atoms with Gasteiger partial charge in [0.15, 0.2) is 0 Å². The molecular formula is C46H44O5P2. The van der Waals surface area contributed by atoms with Crippen molar-refractivity contribution >= 4 is 46.6 Å². The third-order valence-electron chi connectivity index (χ3n) is 10.2. The van der Waals surface area contributed by atoms with Gasteiger partial charge in [-0.25, -0.2) is 0 Å². The van der Waals surface area contributed by atoms with Crippen LogP contribution in [0.25, 0.3) is 0 Å². The number of carbonyl (C=O) groups excluding carboxylic acids is 2. The SMILES string of the molecule is Cc1cc(C)c(C(=O)P(=O)(c2ccccc2)c2ccccc2)c(C)c1COCc1c(C)cc(C)c(C(=O)P(=O)(c2ccccc2)c2ccccc2)c1C. The topological polar surface area (TPSA) is 77.5 Å². The highest BCUT2D eigenvalue weighted by molar-refractivity contribution is 7.94. The lowest BCUT2D eigenvalue weighted by atomic mass is 9.93. The number of hydrogen-bond donors (Lipinski definition) is 0. The summed E-state index contributed by atoms with van der Waals surface area (Å²) in [6.07, 6.45) is 0. The van der Waals surface area contributed by atoms with Crippen LogP contribution < -0.4 is 21.2 Å². The summed E-state index contributed by atoms with van der Waals surface area (Å²) in [5, 5.41) is 1.97. The van der Waals surface area contributed by atoms with Crippen molar-refractivity contribution in [3.8, 4) is 0 Å². The molecule has 0 aliphatic rings. The van der Waals surface area contributed by atoms with Crippen molar-refractivity contribution in [2.24, 2.45) is 0 Å². The van der Waals surface area contributed by atoms with Crippen LogP contribution in [0.1, 0.15) is 65.2 Å². The van der Waals surface area contributed by atoms with E-state index < -0.39 is 25.3 Å². The van der Waals surface area contributed by atoms with Crippen molar-refractivity contribution in [3.63, 3.8) is 0 Å². The average Bonchev–Trinajstić information content (AvgIpc) is 3.17. The first-order valence-corrected chi connectivity index (χ1v) is 21.1. The van der Waals surface area contributed by atoms with Crippen molar-refractivity contribution in [2.45, 2.75) is 54.8 Å². The molecule has 6 aromatic carbocycles. The molecule has 0 bridgehead atoms. The van der Waals surface area contributed by atoms with E-state index in [1.807, 2.05) is 126 Å². The molecule has 6 rings (SSSR count). The zero-order chi connectivity index (χ0) is 37.9. The summed E-state index contributed by atoms with van der Waals surface area (Å²) in [7, 11) is -7.45. The van der Waals surface area contributed by atoms with Crippen LogP contribution in [-0.2, 0) is 27.1 Å². The van der Waals surface area contributed by atoms with E-state index in [4.69, 9.17) is 4.74 Å². The second kappa shape index (κ2) is 15.6. The highest BCUT2D eigenvalue weighted by atomic mass is 31.2. The monoisotopic (exact) mass is 738 g/mol. The quantitative estimate of drug-likeness (QED) is 0.117. The van der Waals surface area contributed by atoms with Gasteiger partial charge in [0, 0.05) is 32.3 Å². The van der Waals surface area contributed by atoms with Crippen molar-refractivity contribution in [2.75, 3.05) is 0 Å². The number of ether oxygens (including phenoxy) is 1. The highest BCUT2D eigenvalue weighted by Crippen LogP contribution is 2.49. The van der Waals surface area contributed by atoms with Crippen LogP contribution in [0.3, 0.4) is 0 Å². The maximum Gasteiger partial charge on any atom is 0.230 e. The van der Waals surface area contributed by atoms with E-state index in [0.717, 1.165) is 44.5 Å². The number of benzene rings is 6. The molecule has 0 spiro atoms. The molecule has 53 heavy (non-hydrogen) atoms. The summed E-state index contributed by atoms with van der Waals surface area (Å²) in [4.78, 5) is 29.2. The van der Waals surface area contributed by atoms with Gasteiger partial charge in [-0.15, -0.1) is 0 Å². The van der Waals surface area contributed by atoms with E-state index in [9.17, 15) is 9.59 Å². The number of aryl methyl sites for hydroxylation is 4. The van der Waals surface area contributed by atoms with E-state index in [1.165, 1.54) is 0 Å². The summed E-state index contributed by atoms with van der Waals surface area (Å²) < 4.78 is 36.5. The largest absolute Gasteiger partial charge is 0.372 e. The van der Waals surface area contributed by atoms with Gasteiger partial charge in [0.2, 0.25) is 25.3 Å². The summed E-state index contributed by atoms with van der Waals surface area (Å²) in [5.74, 6) is 0. The van der Waals surface area contributed by atoms with Crippen LogP contribution in [0.5, 0.6) is 0 Å². The van der Waals surface area contributed by atoms with Gasteiger partial charge in [0.05, 0.1) is 13.2 Å². The Hall–Kier alpha value is -4.92. The molecule has 0 N–H and O–H groups in total. The molecule has 0 heterocycles. The van der Waals surface area contributed by atoms with Gasteiger partial charge in [-0.1, -0.05) is 133 Å². The third kappa shape index (κ3) is 6.98. The number of hydrogen-bond acceptors (Lipinski definition) is 5. The van der Waals surface area contributed by atoms with Crippen LogP contribution in [0.4, 0.5) is 0 Å². The zero-order valence-corrected chi connectivity index (χ0v) is 32.8. The lowest BCUT2D eigenvalue weighted by Crippen LogP contribution is -2.24. The Morgan fingerprint density at radius 1 is 0.434 bits per heavy atom. The molecular weight excluding hydrogens is 694 g/mol. The molecule has 0 fully saturated rings. The lowest BCUT2D eigenvalue weighted by Gasteiger charge is -2.23. The molecule has 7 heteroatoms. The second-order valence-electron chi connectivity index (χ2n) is 13.6. The third-order valence-corrected chi connectivity index (χ3v) is 15.9. The molecule has 6 aromatic rings. The summed E-state index contributed by atoms with van der Waals surface area (Å²) in [6.45, 7) is 11.9. The summed E-state index contributed by atoms with van der Waals surface area (Å²) in [6, 6.07) is 39.9. The molecule has 0 atom stereocenters. The van der Waals surface area contributed by atoms with Gasteiger partial charge >= 0.3 is 0 Å². The van der Waals surface area contributed by atoms with Crippen molar-refractivity contribution in [3.05, 3.63) is 189 Å². The van der Waals surface area contributed by atoms with E-state index in [0.29, 0.717) is 32.3 Å². The van der Waals surface area contributed by atoms with Gasteiger partial charge < -0.3 is 13.9 Å². The molecule has 0 saturated carbocycles. The molecule has 0 aliphatic carbocycles. The van der Waals surface area contributed by atoms with Crippen LogP contribution in [0, 0.1) is 41.5 Å². The molecule has 0 unspecified atom stereocenters. The van der Waals surface area contributed by atoms with Crippen molar-refractivity contribution < 1.29 is 23.5 Å². The minimum Gasteiger partial charge on any atom is -0.372 e. The van der Waals surface area contributed by atoms with Gasteiger partial charge in [0.1, 0.15) is 0 Å².